The van der Waals surface area contributed by atoms with E-state index in [-0.39, 0.29) is 0 Å². The zero-order valence-electron chi connectivity index (χ0n) is 10.7. The smallest absolute Gasteiger partial charge is 0.237 e. The SMILES string of the molecule is CC(C)C.CC1(F)C2CCC(CC2)C1(F)F. The Hall–Kier alpha value is -0.210. The van der Waals surface area contributed by atoms with Crippen molar-refractivity contribution < 1.29 is 13.2 Å². The molecular weight excluding hydrogens is 213 g/mol. The van der Waals surface area contributed by atoms with Crippen LogP contribution in [0.15, 0.2) is 0 Å². The molecule has 0 nitrogen and oxygen atoms in total. The lowest BCUT2D eigenvalue weighted by molar-refractivity contribution is -0.237. The van der Waals surface area contributed by atoms with Crippen molar-refractivity contribution in [2.24, 2.45) is 17.8 Å². The fourth-order valence-electron chi connectivity index (χ4n) is 2.67. The van der Waals surface area contributed by atoms with Crippen LogP contribution in [0, 0.1) is 17.8 Å². The summed E-state index contributed by atoms with van der Waals surface area (Å²) in [6, 6.07) is 0. The van der Waals surface area contributed by atoms with Crippen LogP contribution in [0.2, 0.25) is 0 Å². The van der Waals surface area contributed by atoms with E-state index in [0.29, 0.717) is 25.7 Å². The normalized spacial score (nSPS) is 40.5. The predicted molar refractivity (Wildman–Crippen MR) is 60.4 cm³/mol. The molecule has 1 unspecified atom stereocenters. The Balaban J connectivity index is 0.000000280. The topological polar surface area (TPSA) is 0 Å². The molecule has 1 atom stereocenters. The number of alkyl halides is 3. The van der Waals surface area contributed by atoms with Crippen molar-refractivity contribution in [3.63, 3.8) is 0 Å². The van der Waals surface area contributed by atoms with Crippen LogP contribution >= 0.6 is 0 Å². The van der Waals surface area contributed by atoms with Gasteiger partial charge < -0.3 is 0 Å². The summed E-state index contributed by atoms with van der Waals surface area (Å²) in [5.41, 5.74) is -2.24. The molecule has 3 fully saturated rings. The highest BCUT2D eigenvalue weighted by Gasteiger charge is 2.65. The molecule has 3 rings (SSSR count). The average molecular weight is 236 g/mol. The summed E-state index contributed by atoms with van der Waals surface area (Å²) in [5.74, 6) is -3.34. The van der Waals surface area contributed by atoms with Gasteiger partial charge in [0, 0.05) is 5.92 Å². The predicted octanol–water partition coefficient (Wildman–Crippen LogP) is 4.83. The third-order valence-electron chi connectivity index (χ3n) is 3.66. The van der Waals surface area contributed by atoms with Gasteiger partial charge >= 0.3 is 0 Å². The lowest BCUT2D eigenvalue weighted by atomic mass is 9.61. The number of hydrogen-bond donors (Lipinski definition) is 0. The van der Waals surface area contributed by atoms with Crippen molar-refractivity contribution >= 4 is 0 Å². The largest absolute Gasteiger partial charge is 0.284 e. The summed E-state index contributed by atoms with van der Waals surface area (Å²) >= 11 is 0. The van der Waals surface area contributed by atoms with Crippen LogP contribution in [0.4, 0.5) is 13.2 Å². The van der Waals surface area contributed by atoms with Crippen molar-refractivity contribution in [2.75, 3.05) is 0 Å². The first-order valence-electron chi connectivity index (χ1n) is 6.26. The Morgan fingerprint density at radius 3 is 1.38 bits per heavy atom. The van der Waals surface area contributed by atoms with Gasteiger partial charge in [0.2, 0.25) is 0 Å². The van der Waals surface area contributed by atoms with Gasteiger partial charge in [0.15, 0.2) is 5.67 Å². The summed E-state index contributed by atoms with van der Waals surface area (Å²) in [6.45, 7) is 7.57. The van der Waals surface area contributed by atoms with E-state index in [9.17, 15) is 13.2 Å². The minimum absolute atomic E-state index is 0.405. The Kier molecular flexibility index (Phi) is 3.96. The first-order valence-corrected chi connectivity index (χ1v) is 6.26. The van der Waals surface area contributed by atoms with Crippen molar-refractivity contribution in [2.45, 2.75) is 65.0 Å². The summed E-state index contributed by atoms with van der Waals surface area (Å²) in [6.07, 6.45) is 2.31. The Morgan fingerprint density at radius 1 is 0.875 bits per heavy atom. The van der Waals surface area contributed by atoms with Crippen LogP contribution in [-0.4, -0.2) is 11.6 Å². The number of halogens is 3. The zero-order valence-corrected chi connectivity index (χ0v) is 10.7. The van der Waals surface area contributed by atoms with Crippen LogP contribution in [0.3, 0.4) is 0 Å². The lowest BCUT2D eigenvalue weighted by Gasteiger charge is -2.50. The van der Waals surface area contributed by atoms with E-state index < -0.39 is 23.4 Å². The number of fused-ring (bicyclic) bond motifs is 3. The molecule has 0 aromatic carbocycles. The molecule has 0 spiro atoms. The summed E-state index contributed by atoms with van der Waals surface area (Å²) in [4.78, 5) is 0. The Morgan fingerprint density at radius 2 is 1.19 bits per heavy atom. The van der Waals surface area contributed by atoms with Crippen molar-refractivity contribution in [3.8, 4) is 0 Å². The maximum atomic E-state index is 13.6. The van der Waals surface area contributed by atoms with Gasteiger partial charge in [-0.3, -0.25) is 0 Å². The molecule has 96 valence electrons. The molecule has 0 aliphatic heterocycles. The van der Waals surface area contributed by atoms with Crippen LogP contribution in [0.1, 0.15) is 53.4 Å². The first kappa shape index (κ1) is 13.9. The van der Waals surface area contributed by atoms with Crippen molar-refractivity contribution in [1.82, 2.24) is 0 Å². The standard InChI is InChI=1S/C9H13F3.C4H10/c1-8(10)6-2-4-7(5-3-6)9(8,11)12;1-4(2)3/h6-7H,2-5H2,1H3;4H,1-3H3. The van der Waals surface area contributed by atoms with E-state index in [4.69, 9.17) is 0 Å². The maximum absolute atomic E-state index is 13.6. The lowest BCUT2D eigenvalue weighted by Crippen LogP contribution is -2.58. The van der Waals surface area contributed by atoms with Gasteiger partial charge in [0.1, 0.15) is 0 Å². The van der Waals surface area contributed by atoms with Gasteiger partial charge in [-0.2, -0.15) is 0 Å². The van der Waals surface area contributed by atoms with E-state index in [1.807, 2.05) is 0 Å². The molecule has 3 aliphatic carbocycles. The minimum Gasteiger partial charge on any atom is -0.237 e. The van der Waals surface area contributed by atoms with Crippen LogP contribution < -0.4 is 0 Å². The molecule has 0 heterocycles. The summed E-state index contributed by atoms with van der Waals surface area (Å²) in [7, 11) is 0. The molecular formula is C13H23F3. The molecule has 0 saturated heterocycles. The van der Waals surface area contributed by atoms with E-state index >= 15 is 0 Å². The molecule has 3 heteroatoms. The average Bonchev–Trinajstić information content (AvgIpc) is 2.14. The van der Waals surface area contributed by atoms with Gasteiger partial charge in [-0.15, -0.1) is 0 Å². The van der Waals surface area contributed by atoms with E-state index in [1.165, 1.54) is 0 Å². The van der Waals surface area contributed by atoms with Gasteiger partial charge in [0.25, 0.3) is 5.92 Å². The second-order valence-corrected chi connectivity index (χ2v) is 5.98. The number of hydrogen-bond acceptors (Lipinski definition) is 0. The highest BCUT2D eigenvalue weighted by Crippen LogP contribution is 2.57. The summed E-state index contributed by atoms with van der Waals surface area (Å²) in [5, 5.41) is 0. The fraction of sp³-hybridized carbons (Fsp3) is 1.00. The molecule has 0 amide bonds. The first-order chi connectivity index (χ1) is 7.19. The van der Waals surface area contributed by atoms with Crippen molar-refractivity contribution in [1.29, 1.82) is 0 Å². The number of rotatable bonds is 0. The Labute approximate surface area is 96.6 Å². The molecule has 2 bridgehead atoms. The highest BCUT2D eigenvalue weighted by molar-refractivity contribution is 5.06. The van der Waals surface area contributed by atoms with Crippen LogP contribution in [0.5, 0.6) is 0 Å². The van der Waals surface area contributed by atoms with Gasteiger partial charge in [-0.1, -0.05) is 20.8 Å². The third-order valence-corrected chi connectivity index (χ3v) is 3.66. The molecule has 0 aromatic rings. The van der Waals surface area contributed by atoms with E-state index in [1.54, 1.807) is 0 Å². The van der Waals surface area contributed by atoms with Gasteiger partial charge in [-0.05, 0) is 44.4 Å². The quantitative estimate of drug-likeness (QED) is 0.565. The van der Waals surface area contributed by atoms with Crippen molar-refractivity contribution in [3.05, 3.63) is 0 Å². The molecule has 0 N–H and O–H groups in total. The van der Waals surface area contributed by atoms with Gasteiger partial charge in [-0.25, -0.2) is 13.2 Å². The molecule has 3 aliphatic rings. The fourth-order valence-corrected chi connectivity index (χ4v) is 2.67. The molecule has 16 heavy (non-hydrogen) atoms. The third kappa shape index (κ3) is 2.38. The Bertz CT molecular complexity index is 201. The molecule has 0 radical (unpaired) electrons. The molecule has 3 saturated carbocycles. The molecule has 0 aromatic heterocycles. The second-order valence-electron chi connectivity index (χ2n) is 5.98. The monoisotopic (exact) mass is 236 g/mol. The minimum atomic E-state index is -3.08. The van der Waals surface area contributed by atoms with E-state index in [0.717, 1.165) is 12.8 Å². The second kappa shape index (κ2) is 4.58. The zero-order chi connectivity index (χ0) is 12.6. The summed E-state index contributed by atoms with van der Waals surface area (Å²) < 4.78 is 40.2. The van der Waals surface area contributed by atoms with Gasteiger partial charge in [0.05, 0.1) is 0 Å². The van der Waals surface area contributed by atoms with E-state index in [2.05, 4.69) is 20.8 Å². The highest BCUT2D eigenvalue weighted by atomic mass is 19.3. The maximum Gasteiger partial charge on any atom is 0.284 e. The van der Waals surface area contributed by atoms with Crippen LogP contribution in [-0.2, 0) is 0 Å². The van der Waals surface area contributed by atoms with Crippen LogP contribution in [0.25, 0.3) is 0 Å².